The first-order chi connectivity index (χ1) is 10.5. The van der Waals surface area contributed by atoms with Gasteiger partial charge in [-0.05, 0) is 42.2 Å². The number of carbonyl (C=O) groups excluding carboxylic acids is 1. The Morgan fingerprint density at radius 3 is 2.68 bits per heavy atom. The molecular weight excluding hydrogens is 276 g/mol. The molecule has 4 heteroatoms. The summed E-state index contributed by atoms with van der Waals surface area (Å²) in [7, 11) is 0. The predicted molar refractivity (Wildman–Crippen MR) is 86.7 cm³/mol. The first-order valence-electron chi connectivity index (χ1n) is 8.20. The fourth-order valence-electron chi connectivity index (χ4n) is 3.41. The molecule has 22 heavy (non-hydrogen) atoms. The molecule has 0 spiro atoms. The molecule has 2 amide bonds. The van der Waals surface area contributed by atoms with E-state index in [9.17, 15) is 9.90 Å². The highest BCUT2D eigenvalue weighted by Gasteiger charge is 2.42. The Morgan fingerprint density at radius 1 is 1.27 bits per heavy atom. The summed E-state index contributed by atoms with van der Waals surface area (Å²) in [5.74, 6) is 0. The van der Waals surface area contributed by atoms with Gasteiger partial charge in [0.15, 0.2) is 0 Å². The summed E-state index contributed by atoms with van der Waals surface area (Å²) in [6, 6.07) is 8.36. The zero-order valence-corrected chi connectivity index (χ0v) is 13.5. The summed E-state index contributed by atoms with van der Waals surface area (Å²) in [5, 5.41) is 15.3. The van der Waals surface area contributed by atoms with Crippen LogP contribution in [0.5, 0.6) is 0 Å². The normalized spacial score (nSPS) is 24.2. The maximum absolute atomic E-state index is 12.2. The van der Waals surface area contributed by atoms with Crippen molar-refractivity contribution in [3.8, 4) is 0 Å². The number of aliphatic hydroxyl groups excluding tert-OH is 1. The second-order valence-corrected chi connectivity index (χ2v) is 7.55. The van der Waals surface area contributed by atoms with Gasteiger partial charge in [-0.2, -0.15) is 0 Å². The van der Waals surface area contributed by atoms with Crippen molar-refractivity contribution in [1.29, 1.82) is 0 Å². The number of amides is 2. The summed E-state index contributed by atoms with van der Waals surface area (Å²) in [4.78, 5) is 12.2. The second-order valence-electron chi connectivity index (χ2n) is 7.55. The fourth-order valence-corrected chi connectivity index (χ4v) is 3.41. The van der Waals surface area contributed by atoms with Crippen molar-refractivity contribution in [2.75, 3.05) is 13.2 Å². The highest BCUT2D eigenvalue weighted by molar-refractivity contribution is 5.74. The van der Waals surface area contributed by atoms with Crippen LogP contribution in [0, 0.1) is 5.41 Å². The molecule has 3 N–H and O–H groups in total. The summed E-state index contributed by atoms with van der Waals surface area (Å²) in [5.41, 5.74) is 2.68. The van der Waals surface area contributed by atoms with Gasteiger partial charge in [0, 0.05) is 12.0 Å². The lowest BCUT2D eigenvalue weighted by Gasteiger charge is -2.37. The van der Waals surface area contributed by atoms with E-state index in [4.69, 9.17) is 0 Å². The molecule has 1 saturated carbocycles. The quantitative estimate of drug-likeness (QED) is 0.801. The summed E-state index contributed by atoms with van der Waals surface area (Å²) in [6.45, 7) is 5.25. The molecule has 0 heterocycles. The molecule has 0 radical (unpaired) electrons. The van der Waals surface area contributed by atoms with Gasteiger partial charge >= 0.3 is 6.03 Å². The molecular formula is C18H26N2O2. The Hall–Kier alpha value is -1.55. The van der Waals surface area contributed by atoms with E-state index in [0.29, 0.717) is 6.54 Å². The highest BCUT2D eigenvalue weighted by atomic mass is 16.3. The lowest BCUT2D eigenvalue weighted by Crippen LogP contribution is -2.43. The number of carbonyl (C=O) groups is 1. The van der Waals surface area contributed by atoms with E-state index in [2.05, 4.69) is 42.7 Å². The van der Waals surface area contributed by atoms with Crippen molar-refractivity contribution in [3.63, 3.8) is 0 Å². The third-order valence-electron chi connectivity index (χ3n) is 5.35. The standard InChI is InChI=1S/C18H26N2O2/c1-17(2)8-7-15(13-5-3-4-6-14(13)17)20-16(22)19-11-18(12-21)9-10-18/h3-6,15,21H,7-12H2,1-2H3,(H2,19,20,22). The van der Waals surface area contributed by atoms with Crippen molar-refractivity contribution in [2.24, 2.45) is 5.41 Å². The molecule has 1 atom stereocenters. The van der Waals surface area contributed by atoms with E-state index in [1.54, 1.807) is 0 Å². The maximum atomic E-state index is 12.2. The van der Waals surface area contributed by atoms with Crippen LogP contribution in [-0.4, -0.2) is 24.3 Å². The Balaban J connectivity index is 1.64. The Labute approximate surface area is 132 Å². The molecule has 0 aromatic heterocycles. The summed E-state index contributed by atoms with van der Waals surface area (Å²) >= 11 is 0. The van der Waals surface area contributed by atoms with E-state index >= 15 is 0 Å². The molecule has 0 saturated heterocycles. The first-order valence-corrected chi connectivity index (χ1v) is 8.20. The predicted octanol–water partition coefficient (Wildman–Crippen LogP) is 2.87. The second kappa shape index (κ2) is 5.58. The van der Waals surface area contributed by atoms with Crippen molar-refractivity contribution >= 4 is 6.03 Å². The van der Waals surface area contributed by atoms with Crippen LogP contribution in [0.25, 0.3) is 0 Å². The Morgan fingerprint density at radius 2 is 2.00 bits per heavy atom. The van der Waals surface area contributed by atoms with Crippen LogP contribution in [0.3, 0.4) is 0 Å². The minimum absolute atomic E-state index is 0.0518. The van der Waals surface area contributed by atoms with Crippen LogP contribution in [0.4, 0.5) is 4.79 Å². The lowest BCUT2D eigenvalue weighted by molar-refractivity contribution is 0.201. The van der Waals surface area contributed by atoms with E-state index < -0.39 is 0 Å². The topological polar surface area (TPSA) is 61.4 Å². The van der Waals surface area contributed by atoms with Crippen LogP contribution in [0.1, 0.15) is 56.7 Å². The van der Waals surface area contributed by atoms with Gasteiger partial charge in [-0.15, -0.1) is 0 Å². The number of aliphatic hydroxyl groups is 1. The van der Waals surface area contributed by atoms with Crippen LogP contribution in [0.15, 0.2) is 24.3 Å². The molecule has 0 bridgehead atoms. The fraction of sp³-hybridized carbons (Fsp3) is 0.611. The van der Waals surface area contributed by atoms with Gasteiger partial charge in [-0.25, -0.2) is 4.79 Å². The van der Waals surface area contributed by atoms with E-state index in [1.165, 1.54) is 11.1 Å². The summed E-state index contributed by atoms with van der Waals surface area (Å²) in [6.07, 6.45) is 4.03. The van der Waals surface area contributed by atoms with Gasteiger partial charge in [0.2, 0.25) is 0 Å². The SMILES string of the molecule is CC1(C)CCC(NC(=O)NCC2(CO)CC2)c2ccccc21. The number of benzene rings is 1. The lowest BCUT2D eigenvalue weighted by atomic mass is 9.71. The maximum Gasteiger partial charge on any atom is 0.315 e. The molecule has 1 aromatic rings. The molecule has 1 aromatic carbocycles. The number of hydrogen-bond acceptors (Lipinski definition) is 2. The Kier molecular flexibility index (Phi) is 3.89. The van der Waals surface area contributed by atoms with Gasteiger partial charge in [0.05, 0.1) is 12.6 Å². The number of rotatable bonds is 4. The molecule has 1 unspecified atom stereocenters. The van der Waals surface area contributed by atoms with Crippen LogP contribution in [-0.2, 0) is 5.41 Å². The first kappa shape index (κ1) is 15.3. The van der Waals surface area contributed by atoms with Crippen molar-refractivity contribution in [3.05, 3.63) is 35.4 Å². The van der Waals surface area contributed by atoms with Crippen molar-refractivity contribution in [2.45, 2.75) is 51.0 Å². The average molecular weight is 302 g/mol. The van der Waals surface area contributed by atoms with E-state index in [-0.39, 0.29) is 29.5 Å². The third-order valence-corrected chi connectivity index (χ3v) is 5.35. The van der Waals surface area contributed by atoms with Crippen LogP contribution < -0.4 is 10.6 Å². The van der Waals surface area contributed by atoms with Crippen LogP contribution in [0.2, 0.25) is 0 Å². The average Bonchev–Trinajstić information content (AvgIpc) is 3.29. The monoisotopic (exact) mass is 302 g/mol. The molecule has 0 aliphatic heterocycles. The zero-order valence-electron chi connectivity index (χ0n) is 13.5. The minimum atomic E-state index is -0.126. The Bertz CT molecular complexity index is 564. The van der Waals surface area contributed by atoms with Gasteiger partial charge < -0.3 is 15.7 Å². The molecule has 1 fully saturated rings. The molecule has 120 valence electrons. The zero-order chi connectivity index (χ0) is 15.8. The van der Waals surface area contributed by atoms with Gasteiger partial charge in [-0.3, -0.25) is 0 Å². The minimum Gasteiger partial charge on any atom is -0.396 e. The molecule has 3 rings (SSSR count). The smallest absolute Gasteiger partial charge is 0.315 e. The number of fused-ring (bicyclic) bond motifs is 1. The van der Waals surface area contributed by atoms with Gasteiger partial charge in [0.25, 0.3) is 0 Å². The molecule has 4 nitrogen and oxygen atoms in total. The molecule has 2 aliphatic rings. The molecule has 2 aliphatic carbocycles. The van der Waals surface area contributed by atoms with Gasteiger partial charge in [0.1, 0.15) is 0 Å². The van der Waals surface area contributed by atoms with Gasteiger partial charge in [-0.1, -0.05) is 38.1 Å². The van der Waals surface area contributed by atoms with E-state index in [0.717, 1.165) is 25.7 Å². The van der Waals surface area contributed by atoms with E-state index in [1.807, 2.05) is 6.07 Å². The van der Waals surface area contributed by atoms with Crippen LogP contribution >= 0.6 is 0 Å². The third kappa shape index (κ3) is 2.98. The number of nitrogens with one attached hydrogen (secondary N) is 2. The highest BCUT2D eigenvalue weighted by Crippen LogP contribution is 2.44. The largest absolute Gasteiger partial charge is 0.396 e. The van der Waals surface area contributed by atoms with Crippen molar-refractivity contribution < 1.29 is 9.90 Å². The number of urea groups is 1. The summed E-state index contributed by atoms with van der Waals surface area (Å²) < 4.78 is 0. The van der Waals surface area contributed by atoms with Crippen molar-refractivity contribution in [1.82, 2.24) is 10.6 Å². The number of hydrogen-bond donors (Lipinski definition) is 3.